The van der Waals surface area contributed by atoms with Crippen LogP contribution in [0, 0.1) is 0 Å². The third kappa shape index (κ3) is 8.87. The van der Waals surface area contributed by atoms with Crippen LogP contribution in [0.15, 0.2) is 60.8 Å². The first-order chi connectivity index (χ1) is 17.1. The van der Waals surface area contributed by atoms with E-state index in [1.54, 1.807) is 0 Å². The molecule has 0 amide bonds. The molecule has 0 aromatic heterocycles. The van der Waals surface area contributed by atoms with Crippen LogP contribution in [0.2, 0.25) is 0 Å². The highest BCUT2D eigenvalue weighted by Gasteiger charge is 2.54. The van der Waals surface area contributed by atoms with Crippen molar-refractivity contribution >= 4 is 29.8 Å². The molecule has 37 heavy (non-hydrogen) atoms. The topological polar surface area (TPSA) is 141 Å². The maximum absolute atomic E-state index is 12.5. The van der Waals surface area contributed by atoms with Crippen molar-refractivity contribution in [2.75, 3.05) is 6.61 Å². The Bertz CT molecular complexity index is 1040. The number of hydrogen-bond donors (Lipinski definition) is 0. The van der Waals surface area contributed by atoms with Crippen LogP contribution < -0.4 is 0 Å². The molecule has 1 unspecified atom stereocenters. The monoisotopic (exact) mass is 520 g/mol. The Morgan fingerprint density at radius 2 is 0.892 bits per heavy atom. The predicted molar refractivity (Wildman–Crippen MR) is 129 cm³/mol. The fraction of sp³-hybridized carbons (Fsp3) is 0.423. The lowest BCUT2D eigenvalue weighted by Crippen LogP contribution is -2.63. The number of rotatable bonds is 11. The van der Waals surface area contributed by atoms with Crippen LogP contribution in [0.3, 0.4) is 0 Å². The molecule has 0 spiro atoms. The zero-order valence-corrected chi connectivity index (χ0v) is 21.6. The molecule has 1 saturated heterocycles. The summed E-state index contributed by atoms with van der Waals surface area (Å²) in [7, 11) is 0. The number of ether oxygens (including phenoxy) is 6. The summed E-state index contributed by atoms with van der Waals surface area (Å²) in [6.45, 7) is 23.8. The second kappa shape index (κ2) is 13.4. The second-order valence-corrected chi connectivity index (χ2v) is 8.56. The summed E-state index contributed by atoms with van der Waals surface area (Å²) in [4.78, 5) is 61.9. The van der Waals surface area contributed by atoms with E-state index in [1.807, 2.05) is 0 Å². The van der Waals surface area contributed by atoms with E-state index in [4.69, 9.17) is 28.4 Å². The first kappa shape index (κ1) is 31.0. The Kier molecular flexibility index (Phi) is 11.2. The number of esters is 5. The fourth-order valence-electron chi connectivity index (χ4n) is 2.67. The van der Waals surface area contributed by atoms with Gasteiger partial charge in [-0.15, -0.1) is 0 Å². The van der Waals surface area contributed by atoms with Gasteiger partial charge in [0.1, 0.15) is 12.7 Å². The lowest BCUT2D eigenvalue weighted by Gasteiger charge is -2.44. The molecule has 1 heterocycles. The van der Waals surface area contributed by atoms with Crippen molar-refractivity contribution in [3.05, 3.63) is 60.8 Å². The molecule has 11 nitrogen and oxygen atoms in total. The molecule has 0 bridgehead atoms. The van der Waals surface area contributed by atoms with E-state index in [2.05, 4.69) is 32.9 Å². The van der Waals surface area contributed by atoms with Crippen molar-refractivity contribution < 1.29 is 52.4 Å². The Morgan fingerprint density at radius 3 is 1.30 bits per heavy atom. The molecule has 5 atom stereocenters. The maximum atomic E-state index is 12.5. The van der Waals surface area contributed by atoms with Crippen LogP contribution in [-0.4, -0.2) is 67.2 Å². The minimum absolute atomic E-state index is 0.0195. The van der Waals surface area contributed by atoms with Gasteiger partial charge in [-0.3, -0.25) is 0 Å². The van der Waals surface area contributed by atoms with E-state index < -0.39 is 67.2 Å². The minimum Gasteiger partial charge on any atom is -0.459 e. The van der Waals surface area contributed by atoms with Gasteiger partial charge in [0.25, 0.3) is 0 Å². The molecule has 0 saturated carbocycles. The lowest BCUT2D eigenvalue weighted by atomic mass is 9.97. The molecule has 0 aromatic rings. The summed E-state index contributed by atoms with van der Waals surface area (Å²) in [6.07, 6.45) is -7.85. The summed E-state index contributed by atoms with van der Waals surface area (Å²) >= 11 is 0. The average molecular weight is 521 g/mol. The molecule has 1 rings (SSSR count). The third-order valence-corrected chi connectivity index (χ3v) is 4.66. The number of hydrogen-bond acceptors (Lipinski definition) is 11. The largest absolute Gasteiger partial charge is 0.459 e. The van der Waals surface area contributed by atoms with E-state index in [1.165, 1.54) is 34.6 Å². The smallest absolute Gasteiger partial charge is 0.335 e. The van der Waals surface area contributed by atoms with Gasteiger partial charge < -0.3 is 28.4 Å². The van der Waals surface area contributed by atoms with Gasteiger partial charge in [-0.1, -0.05) is 32.9 Å². The average Bonchev–Trinajstić information content (AvgIpc) is 2.80. The quantitative estimate of drug-likeness (QED) is 0.225. The van der Waals surface area contributed by atoms with Crippen molar-refractivity contribution in [3.63, 3.8) is 0 Å². The first-order valence-corrected chi connectivity index (χ1v) is 11.0. The van der Waals surface area contributed by atoms with Crippen LogP contribution >= 0.6 is 0 Å². The summed E-state index contributed by atoms with van der Waals surface area (Å²) in [5.74, 6) is -4.53. The van der Waals surface area contributed by atoms with Crippen LogP contribution in [0.25, 0.3) is 0 Å². The molecule has 202 valence electrons. The Balaban J connectivity index is 3.65. The highest BCUT2D eigenvalue weighted by Crippen LogP contribution is 2.31. The molecule has 0 N–H and O–H groups in total. The second-order valence-electron chi connectivity index (χ2n) is 8.56. The molecule has 0 aliphatic carbocycles. The Morgan fingerprint density at radius 1 is 0.541 bits per heavy atom. The molecule has 0 radical (unpaired) electrons. The van der Waals surface area contributed by atoms with Gasteiger partial charge in [0.2, 0.25) is 12.4 Å². The van der Waals surface area contributed by atoms with E-state index in [0.717, 1.165) is 0 Å². The van der Waals surface area contributed by atoms with Crippen molar-refractivity contribution in [1.82, 2.24) is 0 Å². The van der Waals surface area contributed by atoms with Crippen LogP contribution in [-0.2, 0) is 52.4 Å². The molecule has 1 aliphatic heterocycles. The number of carbonyl (C=O) groups excluding carboxylic acids is 5. The van der Waals surface area contributed by atoms with E-state index in [9.17, 15) is 24.0 Å². The van der Waals surface area contributed by atoms with Gasteiger partial charge in [0.05, 0.1) is 0 Å². The maximum Gasteiger partial charge on any atom is 0.335 e. The van der Waals surface area contributed by atoms with Crippen molar-refractivity contribution in [2.24, 2.45) is 0 Å². The molecule has 1 fully saturated rings. The SMILES string of the molecule is C=C(C)C(=O)OC[C@H]1OC(OC(=O)C(=C)C)[C@H](OC(=O)C(=C)C)[C@@H](OC(=O)C(=C)C)[C@@H]1OC(=O)C(=C)C. The highest BCUT2D eigenvalue weighted by atomic mass is 16.7. The van der Waals surface area contributed by atoms with E-state index >= 15 is 0 Å². The standard InChI is InChI=1S/C26H32O11/c1-12(2)21(27)32-11-17-18(34-22(28)13(3)4)19(35-23(29)14(5)6)20(36-24(30)15(7)8)26(33-17)37-25(31)16(9)10/h17-20,26H,1,3,5,7,9,11H2,2,4,6,8,10H3/t17-,18-,19+,20-,26?/m1/s1. The van der Waals surface area contributed by atoms with Crippen LogP contribution in [0.4, 0.5) is 0 Å². The van der Waals surface area contributed by atoms with Crippen LogP contribution in [0.1, 0.15) is 34.6 Å². The lowest BCUT2D eigenvalue weighted by molar-refractivity contribution is -0.298. The summed E-state index contributed by atoms with van der Waals surface area (Å²) in [5.41, 5.74) is -0.0562. The zero-order chi connectivity index (χ0) is 28.6. The van der Waals surface area contributed by atoms with Crippen molar-refractivity contribution in [3.8, 4) is 0 Å². The molecule has 1 aliphatic rings. The highest BCUT2D eigenvalue weighted by molar-refractivity contribution is 5.89. The molecule has 0 aromatic carbocycles. The molecule has 11 heteroatoms. The first-order valence-electron chi connectivity index (χ1n) is 11.0. The summed E-state index contributed by atoms with van der Waals surface area (Å²) in [6, 6.07) is 0. The zero-order valence-electron chi connectivity index (χ0n) is 21.6. The molecular weight excluding hydrogens is 488 g/mol. The summed E-state index contributed by atoms with van der Waals surface area (Å²) in [5, 5.41) is 0. The third-order valence-electron chi connectivity index (χ3n) is 4.66. The Hall–Kier alpha value is -3.99. The van der Waals surface area contributed by atoms with Gasteiger partial charge in [-0.25, -0.2) is 24.0 Å². The Labute approximate surface area is 215 Å². The van der Waals surface area contributed by atoms with E-state index in [0.29, 0.717) is 0 Å². The number of carbonyl (C=O) groups is 5. The van der Waals surface area contributed by atoms with Crippen molar-refractivity contribution in [2.45, 2.75) is 65.3 Å². The van der Waals surface area contributed by atoms with Crippen LogP contribution in [0.5, 0.6) is 0 Å². The van der Waals surface area contributed by atoms with E-state index in [-0.39, 0.29) is 27.9 Å². The minimum atomic E-state index is -1.70. The van der Waals surface area contributed by atoms with Gasteiger partial charge in [-0.2, -0.15) is 0 Å². The molecular formula is C26H32O11. The fourth-order valence-corrected chi connectivity index (χ4v) is 2.67. The normalized spacial score (nSPS) is 22.5. The van der Waals surface area contributed by atoms with Gasteiger partial charge >= 0.3 is 29.8 Å². The summed E-state index contributed by atoms with van der Waals surface area (Å²) < 4.78 is 32.6. The van der Waals surface area contributed by atoms with Gasteiger partial charge in [0, 0.05) is 27.9 Å². The van der Waals surface area contributed by atoms with Gasteiger partial charge in [-0.05, 0) is 34.6 Å². The van der Waals surface area contributed by atoms with Crippen molar-refractivity contribution in [1.29, 1.82) is 0 Å². The predicted octanol–water partition coefficient (Wildman–Crippen LogP) is 2.41. The van der Waals surface area contributed by atoms with Gasteiger partial charge in [0.15, 0.2) is 12.2 Å².